The molecule has 6 nitrogen and oxygen atoms in total. The van der Waals surface area contributed by atoms with E-state index in [0.717, 1.165) is 13.1 Å². The first-order valence-corrected chi connectivity index (χ1v) is 6.54. The highest BCUT2D eigenvalue weighted by atomic mass is 16.5. The minimum absolute atomic E-state index is 0.0579. The second-order valence-corrected chi connectivity index (χ2v) is 4.95. The SMILES string of the molecule is NC(=O)C1CCN(C(=O)CN2CCOCC2)CC1. The summed E-state index contributed by atoms with van der Waals surface area (Å²) in [6.45, 7) is 4.82. The lowest BCUT2D eigenvalue weighted by Gasteiger charge is -2.33. The van der Waals surface area contributed by atoms with Crippen molar-refractivity contribution in [3.8, 4) is 0 Å². The van der Waals surface area contributed by atoms with E-state index in [1.54, 1.807) is 0 Å². The van der Waals surface area contributed by atoms with Gasteiger partial charge in [0, 0.05) is 32.1 Å². The fourth-order valence-corrected chi connectivity index (χ4v) is 2.46. The predicted octanol–water partition coefficient (Wildman–Crippen LogP) is -0.957. The number of primary amides is 1. The Morgan fingerprint density at radius 3 is 2.28 bits per heavy atom. The summed E-state index contributed by atoms with van der Waals surface area (Å²) in [4.78, 5) is 27.1. The fourth-order valence-electron chi connectivity index (χ4n) is 2.46. The zero-order valence-corrected chi connectivity index (χ0v) is 10.6. The number of morpholine rings is 1. The summed E-state index contributed by atoms with van der Waals surface area (Å²) >= 11 is 0. The topological polar surface area (TPSA) is 75.9 Å². The Morgan fingerprint density at radius 2 is 1.72 bits per heavy atom. The van der Waals surface area contributed by atoms with Gasteiger partial charge in [0.05, 0.1) is 19.8 Å². The number of hydrogen-bond acceptors (Lipinski definition) is 4. The van der Waals surface area contributed by atoms with E-state index in [0.29, 0.717) is 45.7 Å². The Labute approximate surface area is 107 Å². The van der Waals surface area contributed by atoms with Crippen LogP contribution in [-0.4, -0.2) is 67.6 Å². The minimum atomic E-state index is -0.240. The molecule has 0 aromatic carbocycles. The fraction of sp³-hybridized carbons (Fsp3) is 0.833. The maximum absolute atomic E-state index is 12.1. The summed E-state index contributed by atoms with van der Waals surface area (Å²) in [6.07, 6.45) is 1.40. The average molecular weight is 255 g/mol. The molecule has 0 saturated carbocycles. The van der Waals surface area contributed by atoms with Crippen LogP contribution in [0.25, 0.3) is 0 Å². The van der Waals surface area contributed by atoms with Crippen LogP contribution in [0.5, 0.6) is 0 Å². The Hall–Kier alpha value is -1.14. The normalized spacial score (nSPS) is 23.0. The molecule has 2 saturated heterocycles. The van der Waals surface area contributed by atoms with E-state index in [-0.39, 0.29) is 17.7 Å². The minimum Gasteiger partial charge on any atom is -0.379 e. The van der Waals surface area contributed by atoms with Crippen LogP contribution in [0.3, 0.4) is 0 Å². The van der Waals surface area contributed by atoms with Gasteiger partial charge in [0.2, 0.25) is 11.8 Å². The summed E-state index contributed by atoms with van der Waals surface area (Å²) in [5.41, 5.74) is 5.27. The molecule has 0 bridgehead atoms. The van der Waals surface area contributed by atoms with Gasteiger partial charge < -0.3 is 15.4 Å². The highest BCUT2D eigenvalue weighted by Crippen LogP contribution is 2.16. The van der Waals surface area contributed by atoms with Crippen molar-refractivity contribution in [1.29, 1.82) is 0 Å². The van der Waals surface area contributed by atoms with E-state index in [9.17, 15) is 9.59 Å². The van der Waals surface area contributed by atoms with Crippen molar-refractivity contribution < 1.29 is 14.3 Å². The number of ether oxygens (including phenoxy) is 1. The number of hydrogen-bond donors (Lipinski definition) is 1. The van der Waals surface area contributed by atoms with E-state index < -0.39 is 0 Å². The molecular formula is C12H21N3O3. The van der Waals surface area contributed by atoms with E-state index >= 15 is 0 Å². The molecule has 0 aromatic heterocycles. The first-order chi connectivity index (χ1) is 8.66. The maximum atomic E-state index is 12.1. The molecule has 2 aliphatic rings. The van der Waals surface area contributed by atoms with Gasteiger partial charge in [0.15, 0.2) is 0 Å². The number of carbonyl (C=O) groups excluding carboxylic acids is 2. The molecule has 6 heteroatoms. The van der Waals surface area contributed by atoms with Crippen LogP contribution in [0.4, 0.5) is 0 Å². The molecule has 102 valence electrons. The summed E-state index contributed by atoms with van der Waals surface area (Å²) in [5.74, 6) is -0.146. The Morgan fingerprint density at radius 1 is 1.11 bits per heavy atom. The van der Waals surface area contributed by atoms with Crippen molar-refractivity contribution in [3.05, 3.63) is 0 Å². The van der Waals surface area contributed by atoms with Crippen LogP contribution in [0.15, 0.2) is 0 Å². The van der Waals surface area contributed by atoms with Gasteiger partial charge in [-0.25, -0.2) is 0 Å². The molecule has 2 N–H and O–H groups in total. The lowest BCUT2D eigenvalue weighted by Crippen LogP contribution is -2.48. The van der Waals surface area contributed by atoms with Crippen LogP contribution < -0.4 is 5.73 Å². The van der Waals surface area contributed by atoms with E-state index in [1.165, 1.54) is 0 Å². The third-order valence-electron chi connectivity index (χ3n) is 3.71. The molecule has 2 aliphatic heterocycles. The zero-order chi connectivity index (χ0) is 13.0. The number of nitrogens with two attached hydrogens (primary N) is 1. The van der Waals surface area contributed by atoms with Gasteiger partial charge >= 0.3 is 0 Å². The number of nitrogens with zero attached hydrogens (tertiary/aromatic N) is 2. The third-order valence-corrected chi connectivity index (χ3v) is 3.71. The molecule has 0 radical (unpaired) electrons. The zero-order valence-electron chi connectivity index (χ0n) is 10.6. The summed E-state index contributed by atoms with van der Waals surface area (Å²) in [6, 6.07) is 0. The van der Waals surface area contributed by atoms with Crippen molar-refractivity contribution in [2.75, 3.05) is 45.9 Å². The standard InChI is InChI=1S/C12H21N3O3/c13-12(17)10-1-3-15(4-2-10)11(16)9-14-5-7-18-8-6-14/h10H,1-9H2,(H2,13,17). The van der Waals surface area contributed by atoms with Crippen LogP contribution >= 0.6 is 0 Å². The number of likely N-dealkylation sites (tertiary alicyclic amines) is 1. The quantitative estimate of drug-likeness (QED) is 0.705. The molecule has 2 amide bonds. The van der Waals surface area contributed by atoms with Crippen LogP contribution in [-0.2, 0) is 14.3 Å². The maximum Gasteiger partial charge on any atom is 0.236 e. The number of piperidine rings is 1. The Balaban J connectivity index is 1.75. The van der Waals surface area contributed by atoms with Crippen molar-refractivity contribution >= 4 is 11.8 Å². The van der Waals surface area contributed by atoms with Gasteiger partial charge in [0.25, 0.3) is 0 Å². The Kier molecular flexibility index (Phi) is 4.54. The molecule has 18 heavy (non-hydrogen) atoms. The van der Waals surface area contributed by atoms with Gasteiger partial charge in [-0.05, 0) is 12.8 Å². The van der Waals surface area contributed by atoms with Gasteiger partial charge in [-0.2, -0.15) is 0 Å². The van der Waals surface area contributed by atoms with Crippen molar-refractivity contribution in [1.82, 2.24) is 9.80 Å². The predicted molar refractivity (Wildman–Crippen MR) is 65.8 cm³/mol. The smallest absolute Gasteiger partial charge is 0.236 e. The largest absolute Gasteiger partial charge is 0.379 e. The van der Waals surface area contributed by atoms with Crippen molar-refractivity contribution in [3.63, 3.8) is 0 Å². The highest BCUT2D eigenvalue weighted by molar-refractivity contribution is 5.80. The lowest BCUT2D eigenvalue weighted by atomic mass is 9.96. The van der Waals surface area contributed by atoms with E-state index in [4.69, 9.17) is 10.5 Å². The lowest BCUT2D eigenvalue weighted by molar-refractivity contribution is -0.136. The van der Waals surface area contributed by atoms with Crippen molar-refractivity contribution in [2.24, 2.45) is 11.7 Å². The van der Waals surface area contributed by atoms with Gasteiger partial charge in [-0.3, -0.25) is 14.5 Å². The average Bonchev–Trinajstić information content (AvgIpc) is 2.40. The highest BCUT2D eigenvalue weighted by Gasteiger charge is 2.26. The monoisotopic (exact) mass is 255 g/mol. The van der Waals surface area contributed by atoms with Crippen LogP contribution in [0.1, 0.15) is 12.8 Å². The van der Waals surface area contributed by atoms with Crippen LogP contribution in [0.2, 0.25) is 0 Å². The molecule has 0 aliphatic carbocycles. The molecule has 2 rings (SSSR count). The first-order valence-electron chi connectivity index (χ1n) is 6.54. The molecule has 2 heterocycles. The summed E-state index contributed by atoms with van der Waals surface area (Å²) in [5, 5.41) is 0. The number of rotatable bonds is 3. The first kappa shape index (κ1) is 13.3. The molecule has 0 unspecified atom stereocenters. The van der Waals surface area contributed by atoms with Gasteiger partial charge in [0.1, 0.15) is 0 Å². The molecule has 0 atom stereocenters. The second kappa shape index (κ2) is 6.15. The molecular weight excluding hydrogens is 234 g/mol. The number of carbonyl (C=O) groups is 2. The third kappa shape index (κ3) is 3.43. The second-order valence-electron chi connectivity index (χ2n) is 4.95. The van der Waals surface area contributed by atoms with E-state index in [1.807, 2.05) is 4.90 Å². The van der Waals surface area contributed by atoms with Crippen LogP contribution in [0, 0.1) is 5.92 Å². The summed E-state index contributed by atoms with van der Waals surface area (Å²) in [7, 11) is 0. The summed E-state index contributed by atoms with van der Waals surface area (Å²) < 4.78 is 5.25. The molecule has 2 fully saturated rings. The van der Waals surface area contributed by atoms with Gasteiger partial charge in [-0.1, -0.05) is 0 Å². The van der Waals surface area contributed by atoms with E-state index in [2.05, 4.69) is 4.90 Å². The Bertz CT molecular complexity index is 308. The number of amides is 2. The van der Waals surface area contributed by atoms with Gasteiger partial charge in [-0.15, -0.1) is 0 Å². The van der Waals surface area contributed by atoms with Crippen molar-refractivity contribution in [2.45, 2.75) is 12.8 Å². The molecule has 0 aromatic rings. The molecule has 0 spiro atoms.